The lowest BCUT2D eigenvalue weighted by atomic mass is 10.0. The van der Waals surface area contributed by atoms with Gasteiger partial charge in [-0.15, -0.1) is 0 Å². The maximum absolute atomic E-state index is 12.5. The van der Waals surface area contributed by atoms with Crippen molar-refractivity contribution in [1.29, 1.82) is 0 Å². The first kappa shape index (κ1) is 18.0. The molecule has 1 atom stereocenters. The van der Waals surface area contributed by atoms with E-state index in [1.807, 2.05) is 43.4 Å². The molecule has 1 fully saturated rings. The highest BCUT2D eigenvalue weighted by Crippen LogP contribution is 2.41. The van der Waals surface area contributed by atoms with Gasteiger partial charge in [-0.2, -0.15) is 5.10 Å². The van der Waals surface area contributed by atoms with E-state index >= 15 is 0 Å². The summed E-state index contributed by atoms with van der Waals surface area (Å²) in [5, 5.41) is 10.2. The molecule has 0 spiro atoms. The molecule has 1 aliphatic rings. The summed E-state index contributed by atoms with van der Waals surface area (Å²) in [6.07, 6.45) is 5.61. The van der Waals surface area contributed by atoms with E-state index in [2.05, 4.69) is 25.7 Å². The van der Waals surface area contributed by atoms with Crippen molar-refractivity contribution >= 4 is 11.7 Å². The highest BCUT2D eigenvalue weighted by Gasteiger charge is 2.33. The van der Waals surface area contributed by atoms with Crippen molar-refractivity contribution in [3.63, 3.8) is 0 Å². The third kappa shape index (κ3) is 4.11. The molecule has 1 aliphatic carbocycles. The second kappa shape index (κ2) is 7.67. The number of hydrogen-bond donors (Lipinski definition) is 2. The number of urea groups is 1. The van der Waals surface area contributed by atoms with Crippen molar-refractivity contribution in [1.82, 2.24) is 25.1 Å². The van der Waals surface area contributed by atoms with Crippen LogP contribution in [0.5, 0.6) is 5.88 Å². The number of nitrogens with one attached hydrogen (secondary N) is 2. The van der Waals surface area contributed by atoms with Crippen LogP contribution in [-0.4, -0.2) is 32.9 Å². The van der Waals surface area contributed by atoms with Gasteiger partial charge in [0.15, 0.2) is 5.82 Å². The molecule has 0 radical (unpaired) electrons. The summed E-state index contributed by atoms with van der Waals surface area (Å²) in [4.78, 5) is 21.0. The summed E-state index contributed by atoms with van der Waals surface area (Å²) in [7, 11) is 3.41. The molecule has 28 heavy (non-hydrogen) atoms. The number of aryl methyl sites for hydroxylation is 1. The van der Waals surface area contributed by atoms with Crippen LogP contribution in [0.25, 0.3) is 11.4 Å². The Morgan fingerprint density at radius 1 is 1.18 bits per heavy atom. The van der Waals surface area contributed by atoms with Gasteiger partial charge in [-0.3, -0.25) is 4.68 Å². The standard InChI is InChI=1S/C20H22N6O2/c1-26-12-22-19(25-26)14-5-8-16(9-6-14)23-20(27)24-18(13-3-4-13)15-7-10-17(28-2)21-11-15/h5-13,18H,3-4H2,1-2H3,(H2,23,24,27). The Bertz CT molecular complexity index is 948. The molecule has 1 aromatic carbocycles. The molecule has 144 valence electrons. The second-order valence-corrected chi connectivity index (χ2v) is 6.87. The maximum Gasteiger partial charge on any atom is 0.319 e. The SMILES string of the molecule is COc1ccc(C(NC(=O)Nc2ccc(-c3ncn(C)n3)cc2)C2CC2)cn1. The molecule has 8 heteroatoms. The molecule has 0 aliphatic heterocycles. The van der Waals surface area contributed by atoms with E-state index in [1.54, 1.807) is 24.3 Å². The molecule has 2 amide bonds. The van der Waals surface area contributed by atoms with Crippen LogP contribution in [0.3, 0.4) is 0 Å². The van der Waals surface area contributed by atoms with E-state index in [1.165, 1.54) is 0 Å². The molecule has 0 bridgehead atoms. The first-order chi connectivity index (χ1) is 13.6. The predicted octanol–water partition coefficient (Wildman–Crippen LogP) is 3.16. The number of nitrogens with zero attached hydrogens (tertiary/aromatic N) is 4. The summed E-state index contributed by atoms with van der Waals surface area (Å²) in [6, 6.07) is 10.9. The minimum absolute atomic E-state index is 0.0598. The number of carbonyl (C=O) groups is 1. The average molecular weight is 378 g/mol. The maximum atomic E-state index is 12.5. The molecule has 4 rings (SSSR count). The fourth-order valence-corrected chi connectivity index (χ4v) is 3.08. The van der Waals surface area contributed by atoms with E-state index in [0.29, 0.717) is 23.3 Å². The average Bonchev–Trinajstić information content (AvgIpc) is 3.47. The molecule has 2 aromatic heterocycles. The lowest BCUT2D eigenvalue weighted by Gasteiger charge is -2.19. The van der Waals surface area contributed by atoms with Crippen LogP contribution in [0.1, 0.15) is 24.4 Å². The minimum Gasteiger partial charge on any atom is -0.481 e. The van der Waals surface area contributed by atoms with Crippen LogP contribution >= 0.6 is 0 Å². The van der Waals surface area contributed by atoms with Gasteiger partial charge in [0.2, 0.25) is 5.88 Å². The molecule has 3 aromatic rings. The van der Waals surface area contributed by atoms with Gasteiger partial charge in [0.1, 0.15) is 6.33 Å². The number of carbonyl (C=O) groups excluding carboxylic acids is 1. The number of benzene rings is 1. The summed E-state index contributed by atoms with van der Waals surface area (Å²) in [5.74, 6) is 1.66. The van der Waals surface area contributed by atoms with Gasteiger partial charge in [-0.1, -0.05) is 6.07 Å². The molecular formula is C20H22N6O2. The van der Waals surface area contributed by atoms with Crippen molar-refractivity contribution < 1.29 is 9.53 Å². The lowest BCUT2D eigenvalue weighted by Crippen LogP contribution is -2.33. The van der Waals surface area contributed by atoms with Crippen LogP contribution in [0.2, 0.25) is 0 Å². The Morgan fingerprint density at radius 2 is 1.96 bits per heavy atom. The van der Waals surface area contributed by atoms with E-state index in [-0.39, 0.29) is 12.1 Å². The molecule has 8 nitrogen and oxygen atoms in total. The quantitative estimate of drug-likeness (QED) is 0.687. The van der Waals surface area contributed by atoms with Gasteiger partial charge < -0.3 is 15.4 Å². The van der Waals surface area contributed by atoms with Gasteiger partial charge in [0.25, 0.3) is 0 Å². The van der Waals surface area contributed by atoms with Crippen molar-refractivity contribution in [3.05, 3.63) is 54.5 Å². The van der Waals surface area contributed by atoms with Crippen LogP contribution in [0, 0.1) is 5.92 Å². The zero-order valence-corrected chi connectivity index (χ0v) is 15.8. The lowest BCUT2D eigenvalue weighted by molar-refractivity contribution is 0.247. The Labute approximate surface area is 163 Å². The zero-order valence-electron chi connectivity index (χ0n) is 15.8. The zero-order chi connectivity index (χ0) is 19.5. The molecule has 2 heterocycles. The number of pyridine rings is 1. The predicted molar refractivity (Wildman–Crippen MR) is 105 cm³/mol. The van der Waals surface area contributed by atoms with E-state index in [9.17, 15) is 4.79 Å². The number of amides is 2. The fourth-order valence-electron chi connectivity index (χ4n) is 3.08. The van der Waals surface area contributed by atoms with Crippen LogP contribution < -0.4 is 15.4 Å². The van der Waals surface area contributed by atoms with Gasteiger partial charge in [0, 0.05) is 30.6 Å². The minimum atomic E-state index is -0.239. The number of aromatic nitrogens is 4. The number of rotatable bonds is 6. The van der Waals surface area contributed by atoms with E-state index in [4.69, 9.17) is 4.74 Å². The van der Waals surface area contributed by atoms with Crippen LogP contribution in [-0.2, 0) is 7.05 Å². The summed E-state index contributed by atoms with van der Waals surface area (Å²) in [5.41, 5.74) is 2.58. The molecule has 0 saturated heterocycles. The highest BCUT2D eigenvalue weighted by molar-refractivity contribution is 5.89. The second-order valence-electron chi connectivity index (χ2n) is 6.87. The Balaban J connectivity index is 1.40. The normalized spacial score (nSPS) is 14.4. The first-order valence-electron chi connectivity index (χ1n) is 9.16. The van der Waals surface area contributed by atoms with Crippen LogP contribution in [0.15, 0.2) is 48.9 Å². The number of ether oxygens (including phenoxy) is 1. The Kier molecular flexibility index (Phi) is 4.92. The number of anilines is 1. The molecule has 1 saturated carbocycles. The number of methoxy groups -OCH3 is 1. The summed E-state index contributed by atoms with van der Waals surface area (Å²) in [6.45, 7) is 0. The van der Waals surface area contributed by atoms with Gasteiger partial charge in [0.05, 0.1) is 13.2 Å². The topological polar surface area (TPSA) is 94.0 Å². The summed E-state index contributed by atoms with van der Waals surface area (Å²) >= 11 is 0. The first-order valence-corrected chi connectivity index (χ1v) is 9.16. The van der Waals surface area contributed by atoms with Gasteiger partial charge in [-0.25, -0.2) is 14.8 Å². The Hall–Kier alpha value is -3.42. The molecular weight excluding hydrogens is 356 g/mol. The monoisotopic (exact) mass is 378 g/mol. The van der Waals surface area contributed by atoms with Crippen LogP contribution in [0.4, 0.5) is 10.5 Å². The van der Waals surface area contributed by atoms with E-state index < -0.39 is 0 Å². The van der Waals surface area contributed by atoms with Gasteiger partial charge in [-0.05, 0) is 48.6 Å². The third-order valence-corrected chi connectivity index (χ3v) is 4.71. The van der Waals surface area contributed by atoms with Gasteiger partial charge >= 0.3 is 6.03 Å². The highest BCUT2D eigenvalue weighted by atomic mass is 16.5. The summed E-state index contributed by atoms with van der Waals surface area (Å²) < 4.78 is 6.76. The Morgan fingerprint density at radius 3 is 2.54 bits per heavy atom. The largest absolute Gasteiger partial charge is 0.481 e. The van der Waals surface area contributed by atoms with Crippen molar-refractivity contribution in [2.75, 3.05) is 12.4 Å². The van der Waals surface area contributed by atoms with E-state index in [0.717, 1.165) is 24.0 Å². The number of hydrogen-bond acceptors (Lipinski definition) is 5. The van der Waals surface area contributed by atoms with Crippen molar-refractivity contribution in [2.45, 2.75) is 18.9 Å². The third-order valence-electron chi connectivity index (χ3n) is 4.71. The van der Waals surface area contributed by atoms with Crippen molar-refractivity contribution in [3.8, 4) is 17.3 Å². The smallest absolute Gasteiger partial charge is 0.319 e. The molecule has 1 unspecified atom stereocenters. The van der Waals surface area contributed by atoms with Crippen molar-refractivity contribution in [2.24, 2.45) is 13.0 Å². The fraction of sp³-hybridized carbons (Fsp3) is 0.300. The molecule has 2 N–H and O–H groups in total.